The fourth-order valence-corrected chi connectivity index (χ4v) is 2.80. The van der Waals surface area contributed by atoms with Crippen LogP contribution in [0.5, 0.6) is 5.75 Å². The standard InChI is InChI=1S/C18H17NO4/c1-11(20)23-10-12-2-3-14-9-15(5-4-13(14)8-12)17-16(21)6-7-19-18(17)22/h2-3,6-9H,4-5,10H2,1H3,(H2,19,21,22). The molecule has 2 N–H and O–H groups in total. The van der Waals surface area contributed by atoms with Gasteiger partial charge in [-0.3, -0.25) is 9.59 Å². The molecule has 23 heavy (non-hydrogen) atoms. The third-order valence-electron chi connectivity index (χ3n) is 3.90. The van der Waals surface area contributed by atoms with Gasteiger partial charge in [0.15, 0.2) is 0 Å². The minimum Gasteiger partial charge on any atom is -0.507 e. The molecule has 0 saturated heterocycles. The number of carbonyl (C=O) groups is 1. The second kappa shape index (κ2) is 6.12. The van der Waals surface area contributed by atoms with Gasteiger partial charge in [0.2, 0.25) is 0 Å². The second-order valence-corrected chi connectivity index (χ2v) is 5.55. The number of aromatic hydroxyl groups is 1. The van der Waals surface area contributed by atoms with E-state index in [1.54, 1.807) is 0 Å². The van der Waals surface area contributed by atoms with E-state index in [1.807, 2.05) is 24.3 Å². The van der Waals surface area contributed by atoms with Crippen molar-refractivity contribution in [2.45, 2.75) is 26.4 Å². The van der Waals surface area contributed by atoms with E-state index in [2.05, 4.69) is 4.98 Å². The van der Waals surface area contributed by atoms with Crippen LogP contribution in [0.1, 0.15) is 35.6 Å². The van der Waals surface area contributed by atoms with Crippen LogP contribution < -0.4 is 5.56 Å². The van der Waals surface area contributed by atoms with E-state index in [-0.39, 0.29) is 23.9 Å². The number of carbonyl (C=O) groups excluding carboxylic acids is 1. The van der Waals surface area contributed by atoms with E-state index in [1.165, 1.54) is 19.2 Å². The first-order chi connectivity index (χ1) is 11.0. The van der Waals surface area contributed by atoms with Crippen molar-refractivity contribution in [2.24, 2.45) is 0 Å². The lowest BCUT2D eigenvalue weighted by Gasteiger charge is -2.18. The topological polar surface area (TPSA) is 79.4 Å². The summed E-state index contributed by atoms with van der Waals surface area (Å²) < 4.78 is 5.01. The summed E-state index contributed by atoms with van der Waals surface area (Å²) in [6, 6.07) is 7.34. The van der Waals surface area contributed by atoms with E-state index in [0.717, 1.165) is 28.7 Å². The Kier molecular flexibility index (Phi) is 4.02. The van der Waals surface area contributed by atoms with Gasteiger partial charge >= 0.3 is 5.97 Å². The number of aryl methyl sites for hydroxylation is 1. The summed E-state index contributed by atoms with van der Waals surface area (Å²) in [4.78, 5) is 25.4. The van der Waals surface area contributed by atoms with Gasteiger partial charge in [-0.25, -0.2) is 0 Å². The summed E-state index contributed by atoms with van der Waals surface area (Å²) in [7, 11) is 0. The number of hydrogen-bond donors (Lipinski definition) is 2. The quantitative estimate of drug-likeness (QED) is 0.854. The molecular weight excluding hydrogens is 294 g/mol. The molecule has 3 rings (SSSR count). The number of benzene rings is 1. The number of H-pyrrole nitrogens is 1. The van der Waals surface area contributed by atoms with Crippen LogP contribution in [0.2, 0.25) is 0 Å². The van der Waals surface area contributed by atoms with Crippen LogP contribution in [-0.2, 0) is 22.6 Å². The molecule has 1 aliphatic carbocycles. The first kappa shape index (κ1) is 15.1. The lowest BCUT2D eigenvalue weighted by atomic mass is 9.88. The van der Waals surface area contributed by atoms with Crippen LogP contribution in [0.4, 0.5) is 0 Å². The van der Waals surface area contributed by atoms with Crippen LogP contribution in [0.3, 0.4) is 0 Å². The number of esters is 1. The van der Waals surface area contributed by atoms with Crippen LogP contribution in [-0.4, -0.2) is 16.1 Å². The summed E-state index contributed by atoms with van der Waals surface area (Å²) in [5.41, 5.74) is 3.97. The number of nitrogens with one attached hydrogen (secondary N) is 1. The number of aromatic nitrogens is 1. The first-order valence-corrected chi connectivity index (χ1v) is 7.41. The van der Waals surface area contributed by atoms with Gasteiger partial charge in [-0.15, -0.1) is 0 Å². The number of rotatable bonds is 3. The molecule has 0 atom stereocenters. The van der Waals surface area contributed by atoms with E-state index < -0.39 is 0 Å². The summed E-state index contributed by atoms with van der Waals surface area (Å²) in [5.74, 6) is -0.307. The summed E-state index contributed by atoms with van der Waals surface area (Å²) >= 11 is 0. The molecule has 1 aliphatic rings. The lowest BCUT2D eigenvalue weighted by molar-refractivity contribution is -0.142. The van der Waals surface area contributed by atoms with E-state index in [4.69, 9.17) is 4.74 Å². The largest absolute Gasteiger partial charge is 0.507 e. The maximum atomic E-state index is 11.9. The monoisotopic (exact) mass is 311 g/mol. The highest BCUT2D eigenvalue weighted by Gasteiger charge is 2.17. The first-order valence-electron chi connectivity index (χ1n) is 7.41. The predicted molar refractivity (Wildman–Crippen MR) is 86.8 cm³/mol. The van der Waals surface area contributed by atoms with Crippen molar-refractivity contribution in [1.29, 1.82) is 0 Å². The Bertz CT molecular complexity index is 848. The number of aromatic amines is 1. The fraction of sp³-hybridized carbons (Fsp3) is 0.222. The zero-order chi connectivity index (χ0) is 16.4. The Morgan fingerprint density at radius 1 is 1.30 bits per heavy atom. The van der Waals surface area contributed by atoms with Crippen molar-refractivity contribution in [3.05, 3.63) is 63.1 Å². The van der Waals surface area contributed by atoms with Crippen LogP contribution >= 0.6 is 0 Å². The molecule has 0 amide bonds. The minimum absolute atomic E-state index is 0.00470. The maximum absolute atomic E-state index is 11.9. The molecule has 1 aromatic carbocycles. The van der Waals surface area contributed by atoms with Crippen LogP contribution in [0, 0.1) is 0 Å². The highest BCUT2D eigenvalue weighted by molar-refractivity contribution is 5.86. The van der Waals surface area contributed by atoms with Crippen LogP contribution in [0.15, 0.2) is 35.3 Å². The maximum Gasteiger partial charge on any atom is 0.302 e. The molecule has 0 radical (unpaired) electrons. The van der Waals surface area contributed by atoms with E-state index in [9.17, 15) is 14.7 Å². The molecule has 5 heteroatoms. The smallest absolute Gasteiger partial charge is 0.302 e. The molecule has 2 aromatic rings. The highest BCUT2D eigenvalue weighted by atomic mass is 16.5. The molecule has 1 aromatic heterocycles. The van der Waals surface area contributed by atoms with Gasteiger partial charge < -0.3 is 14.8 Å². The molecule has 1 heterocycles. The van der Waals surface area contributed by atoms with Crippen molar-refractivity contribution >= 4 is 17.6 Å². The Morgan fingerprint density at radius 3 is 2.87 bits per heavy atom. The third-order valence-corrected chi connectivity index (χ3v) is 3.90. The van der Waals surface area contributed by atoms with Crippen LogP contribution in [0.25, 0.3) is 11.6 Å². The Hall–Kier alpha value is -2.82. The fourth-order valence-electron chi connectivity index (χ4n) is 2.80. The SMILES string of the molecule is CC(=O)OCc1ccc2c(c1)CCC(c1c(O)cc[nH]c1=O)=C2. The molecule has 0 fully saturated rings. The number of fused-ring (bicyclic) bond motifs is 1. The Labute approximate surface area is 133 Å². The number of pyridine rings is 1. The third kappa shape index (κ3) is 3.18. The van der Waals surface area contributed by atoms with Gasteiger partial charge in [0.05, 0.1) is 5.56 Å². The second-order valence-electron chi connectivity index (χ2n) is 5.55. The molecule has 118 valence electrons. The summed E-state index contributed by atoms with van der Waals surface area (Å²) in [6.07, 6.45) is 4.80. The average Bonchev–Trinajstić information content (AvgIpc) is 2.52. The van der Waals surface area contributed by atoms with Crippen molar-refractivity contribution in [1.82, 2.24) is 4.98 Å². The normalized spacial score (nSPS) is 13.2. The van der Waals surface area contributed by atoms with E-state index in [0.29, 0.717) is 12.0 Å². The molecule has 0 spiro atoms. The van der Waals surface area contributed by atoms with Gasteiger partial charge in [0, 0.05) is 13.1 Å². The van der Waals surface area contributed by atoms with Crippen molar-refractivity contribution in [3.63, 3.8) is 0 Å². The summed E-state index contributed by atoms with van der Waals surface area (Å²) in [6.45, 7) is 1.65. The lowest BCUT2D eigenvalue weighted by Crippen LogP contribution is -2.13. The van der Waals surface area contributed by atoms with Gasteiger partial charge in [-0.05, 0) is 41.2 Å². The van der Waals surface area contributed by atoms with Gasteiger partial charge in [0.1, 0.15) is 12.4 Å². The number of ether oxygens (including phenoxy) is 1. The number of allylic oxidation sites excluding steroid dienone is 1. The predicted octanol–water partition coefficient (Wildman–Crippen LogP) is 2.63. The molecule has 0 bridgehead atoms. The zero-order valence-electron chi connectivity index (χ0n) is 12.8. The van der Waals surface area contributed by atoms with Gasteiger partial charge in [-0.2, -0.15) is 0 Å². The summed E-state index contributed by atoms with van der Waals surface area (Å²) in [5, 5.41) is 9.95. The van der Waals surface area contributed by atoms with Crippen molar-refractivity contribution < 1.29 is 14.6 Å². The molecule has 0 unspecified atom stereocenters. The average molecular weight is 311 g/mol. The van der Waals surface area contributed by atoms with Gasteiger partial charge in [0.25, 0.3) is 5.56 Å². The Morgan fingerprint density at radius 2 is 2.13 bits per heavy atom. The molecule has 5 nitrogen and oxygen atoms in total. The molecule has 0 saturated carbocycles. The zero-order valence-corrected chi connectivity index (χ0v) is 12.8. The highest BCUT2D eigenvalue weighted by Crippen LogP contribution is 2.32. The van der Waals surface area contributed by atoms with Gasteiger partial charge in [-0.1, -0.05) is 24.3 Å². The van der Waals surface area contributed by atoms with Crippen molar-refractivity contribution in [3.8, 4) is 5.75 Å². The van der Waals surface area contributed by atoms with E-state index >= 15 is 0 Å². The van der Waals surface area contributed by atoms with Crippen molar-refractivity contribution in [2.75, 3.05) is 0 Å². The minimum atomic E-state index is -0.302. The number of hydrogen-bond acceptors (Lipinski definition) is 4. The molecular formula is C18H17NO4. The Balaban J connectivity index is 1.93. The molecule has 0 aliphatic heterocycles.